The van der Waals surface area contributed by atoms with E-state index in [0.717, 1.165) is 31.0 Å². The molecule has 192 valence electrons. The Morgan fingerprint density at radius 2 is 1.86 bits per heavy atom. The van der Waals surface area contributed by atoms with E-state index in [4.69, 9.17) is 4.74 Å². The number of rotatable bonds is 6. The first-order valence-electron chi connectivity index (χ1n) is 11.8. The summed E-state index contributed by atoms with van der Waals surface area (Å²) in [6.07, 6.45) is -3.11. The highest BCUT2D eigenvalue weighted by molar-refractivity contribution is 6.05. The SMILES string of the molecule is CCOC(=O)c1nn(-c2ccccc2)c2c1[C@@H](C1CC1)[C@@H](NC(=O)c1cccc(C(F)(F)F)c1)C(=O)N2. The molecule has 1 aliphatic carbocycles. The molecule has 2 amide bonds. The van der Waals surface area contributed by atoms with Crippen LogP contribution in [0.2, 0.25) is 0 Å². The Kier molecular flexibility index (Phi) is 6.22. The molecule has 5 rings (SSSR count). The number of anilines is 1. The first-order chi connectivity index (χ1) is 17.7. The number of carbonyl (C=O) groups excluding carboxylic acids is 3. The maximum atomic E-state index is 13.3. The van der Waals surface area contributed by atoms with Crippen molar-refractivity contribution < 1.29 is 32.3 Å². The zero-order valence-corrected chi connectivity index (χ0v) is 19.7. The van der Waals surface area contributed by atoms with Crippen molar-refractivity contribution in [3.05, 3.63) is 77.0 Å². The van der Waals surface area contributed by atoms with Crippen molar-refractivity contribution in [2.75, 3.05) is 11.9 Å². The predicted molar refractivity (Wildman–Crippen MR) is 126 cm³/mol. The first-order valence-corrected chi connectivity index (χ1v) is 11.8. The maximum absolute atomic E-state index is 13.3. The van der Waals surface area contributed by atoms with E-state index in [1.54, 1.807) is 31.2 Å². The van der Waals surface area contributed by atoms with E-state index in [-0.39, 0.29) is 23.8 Å². The molecule has 3 aromatic rings. The lowest BCUT2D eigenvalue weighted by Gasteiger charge is -2.32. The number of alkyl halides is 3. The number of halogens is 3. The van der Waals surface area contributed by atoms with Crippen LogP contribution in [-0.2, 0) is 15.7 Å². The average Bonchev–Trinajstić information content (AvgIpc) is 3.65. The van der Waals surface area contributed by atoms with Crippen molar-refractivity contribution >= 4 is 23.6 Å². The number of nitrogens with one attached hydrogen (secondary N) is 2. The van der Waals surface area contributed by atoms with Gasteiger partial charge < -0.3 is 15.4 Å². The fraction of sp³-hybridized carbons (Fsp3) is 0.308. The van der Waals surface area contributed by atoms with E-state index in [0.29, 0.717) is 17.1 Å². The van der Waals surface area contributed by atoms with Crippen LogP contribution in [-0.4, -0.2) is 40.2 Å². The molecule has 1 saturated carbocycles. The molecule has 2 aromatic carbocycles. The van der Waals surface area contributed by atoms with Crippen LogP contribution in [0.1, 0.15) is 57.7 Å². The number of aromatic nitrogens is 2. The van der Waals surface area contributed by atoms with Gasteiger partial charge in [0.2, 0.25) is 5.91 Å². The molecule has 0 unspecified atom stereocenters. The summed E-state index contributed by atoms with van der Waals surface area (Å²) >= 11 is 0. The van der Waals surface area contributed by atoms with Crippen molar-refractivity contribution in [1.29, 1.82) is 0 Å². The summed E-state index contributed by atoms with van der Waals surface area (Å²) in [7, 11) is 0. The van der Waals surface area contributed by atoms with Crippen molar-refractivity contribution in [2.45, 2.75) is 37.9 Å². The van der Waals surface area contributed by atoms with Crippen LogP contribution in [0.25, 0.3) is 5.69 Å². The number of esters is 1. The van der Waals surface area contributed by atoms with E-state index in [1.807, 2.05) is 6.07 Å². The minimum atomic E-state index is -4.62. The number of carbonyl (C=O) groups is 3. The van der Waals surface area contributed by atoms with Crippen molar-refractivity contribution in [3.63, 3.8) is 0 Å². The quantitative estimate of drug-likeness (QED) is 0.479. The van der Waals surface area contributed by atoms with Crippen molar-refractivity contribution in [2.24, 2.45) is 5.92 Å². The second-order valence-electron chi connectivity index (χ2n) is 8.96. The van der Waals surface area contributed by atoms with Gasteiger partial charge in [-0.2, -0.15) is 18.3 Å². The molecule has 0 radical (unpaired) electrons. The van der Waals surface area contributed by atoms with Crippen LogP contribution < -0.4 is 10.6 Å². The van der Waals surface area contributed by atoms with Gasteiger partial charge in [-0.05, 0) is 56.0 Å². The summed E-state index contributed by atoms with van der Waals surface area (Å²) in [5.74, 6) is -2.38. The molecule has 2 N–H and O–H groups in total. The summed E-state index contributed by atoms with van der Waals surface area (Å²) in [5.41, 5.74) is -0.123. The summed E-state index contributed by atoms with van der Waals surface area (Å²) in [5, 5.41) is 9.85. The normalized spacial score (nSPS) is 19.1. The lowest BCUT2D eigenvalue weighted by molar-refractivity contribution is -0.137. The number of para-hydroxylation sites is 1. The van der Waals surface area contributed by atoms with Crippen LogP contribution in [0.15, 0.2) is 54.6 Å². The molecule has 0 bridgehead atoms. The highest BCUT2D eigenvalue weighted by Gasteiger charge is 2.49. The van der Waals surface area contributed by atoms with Gasteiger partial charge in [-0.15, -0.1) is 0 Å². The number of benzene rings is 2. The third kappa shape index (κ3) is 4.68. The van der Waals surface area contributed by atoms with Gasteiger partial charge in [0.15, 0.2) is 5.69 Å². The number of fused-ring (bicyclic) bond motifs is 1. The zero-order valence-electron chi connectivity index (χ0n) is 19.7. The lowest BCUT2D eigenvalue weighted by Crippen LogP contribution is -2.51. The fourth-order valence-corrected chi connectivity index (χ4v) is 4.68. The minimum absolute atomic E-state index is 0.0240. The molecular weight excluding hydrogens is 489 g/mol. The molecular formula is C26H23F3N4O4. The molecule has 0 spiro atoms. The van der Waals surface area contributed by atoms with Gasteiger partial charge in [-0.1, -0.05) is 24.3 Å². The summed E-state index contributed by atoms with van der Waals surface area (Å²) in [4.78, 5) is 39.2. The second-order valence-corrected chi connectivity index (χ2v) is 8.96. The van der Waals surface area contributed by atoms with Crippen LogP contribution >= 0.6 is 0 Å². The van der Waals surface area contributed by atoms with Gasteiger partial charge in [0.1, 0.15) is 11.9 Å². The Balaban J connectivity index is 1.56. The van der Waals surface area contributed by atoms with Gasteiger partial charge >= 0.3 is 12.1 Å². The Labute approximate surface area is 209 Å². The van der Waals surface area contributed by atoms with Crippen LogP contribution in [0.3, 0.4) is 0 Å². The lowest BCUT2D eigenvalue weighted by atomic mass is 9.83. The molecule has 2 atom stereocenters. The third-order valence-electron chi connectivity index (χ3n) is 6.48. The van der Waals surface area contributed by atoms with Crippen LogP contribution in [0, 0.1) is 5.92 Å². The number of nitrogens with zero attached hydrogens (tertiary/aromatic N) is 2. The predicted octanol–water partition coefficient (Wildman–Crippen LogP) is 4.31. The summed E-state index contributed by atoms with van der Waals surface area (Å²) in [6, 6.07) is 11.8. The maximum Gasteiger partial charge on any atom is 0.416 e. The molecule has 11 heteroatoms. The van der Waals surface area contributed by atoms with Gasteiger partial charge in [-0.3, -0.25) is 9.59 Å². The molecule has 2 heterocycles. The number of amides is 2. The topological polar surface area (TPSA) is 102 Å². The summed E-state index contributed by atoms with van der Waals surface area (Å²) in [6.45, 7) is 1.78. The van der Waals surface area contributed by atoms with Crippen LogP contribution in [0.5, 0.6) is 0 Å². The van der Waals surface area contributed by atoms with E-state index in [1.165, 1.54) is 10.7 Å². The molecule has 37 heavy (non-hydrogen) atoms. The highest BCUT2D eigenvalue weighted by Crippen LogP contribution is 2.50. The Bertz CT molecular complexity index is 1370. The zero-order chi connectivity index (χ0) is 26.3. The second kappa shape index (κ2) is 9.38. The van der Waals surface area contributed by atoms with E-state index in [9.17, 15) is 27.6 Å². The first kappa shape index (κ1) is 24.5. The van der Waals surface area contributed by atoms with Gasteiger partial charge in [0.25, 0.3) is 5.91 Å². The number of hydrogen-bond acceptors (Lipinski definition) is 5. The molecule has 1 fully saturated rings. The smallest absolute Gasteiger partial charge is 0.416 e. The Hall–Kier alpha value is -4.15. The third-order valence-corrected chi connectivity index (χ3v) is 6.48. The Morgan fingerprint density at radius 3 is 2.51 bits per heavy atom. The largest absolute Gasteiger partial charge is 0.461 e. The average molecular weight is 512 g/mol. The van der Waals surface area contributed by atoms with E-state index in [2.05, 4.69) is 15.7 Å². The molecule has 1 aliphatic heterocycles. The number of hydrogen-bond donors (Lipinski definition) is 2. The van der Waals surface area contributed by atoms with E-state index >= 15 is 0 Å². The van der Waals surface area contributed by atoms with E-state index < -0.39 is 41.5 Å². The number of ether oxygens (including phenoxy) is 1. The minimum Gasteiger partial charge on any atom is -0.461 e. The van der Waals surface area contributed by atoms with Gasteiger partial charge in [0, 0.05) is 17.0 Å². The van der Waals surface area contributed by atoms with Crippen LogP contribution in [0.4, 0.5) is 19.0 Å². The van der Waals surface area contributed by atoms with Crippen molar-refractivity contribution in [1.82, 2.24) is 15.1 Å². The molecule has 0 saturated heterocycles. The Morgan fingerprint density at radius 1 is 1.14 bits per heavy atom. The fourth-order valence-electron chi connectivity index (χ4n) is 4.68. The molecule has 2 aliphatic rings. The highest BCUT2D eigenvalue weighted by atomic mass is 19.4. The standard InChI is InChI=1S/C26H23F3N4O4/c1-2-37-25(36)21-19-18(14-11-12-14)20(30-23(34)15-7-6-8-16(13-15)26(27,28)29)24(35)31-22(19)33(32-21)17-9-4-3-5-10-17/h3-10,13-14,18,20H,2,11-12H2,1H3,(H,30,34)(H,31,35)/t18-,20-/m1/s1. The van der Waals surface area contributed by atoms with Crippen molar-refractivity contribution in [3.8, 4) is 5.69 Å². The summed E-state index contributed by atoms with van der Waals surface area (Å²) < 4.78 is 46.2. The molecule has 8 nitrogen and oxygen atoms in total. The van der Waals surface area contributed by atoms with Gasteiger partial charge in [0.05, 0.1) is 17.9 Å². The molecule has 1 aromatic heterocycles. The van der Waals surface area contributed by atoms with Gasteiger partial charge in [-0.25, -0.2) is 9.48 Å². The monoisotopic (exact) mass is 512 g/mol.